The summed E-state index contributed by atoms with van der Waals surface area (Å²) in [7, 11) is 0. The van der Waals surface area contributed by atoms with Crippen LogP contribution in [0, 0.1) is 0 Å². The summed E-state index contributed by atoms with van der Waals surface area (Å²) in [6, 6.07) is 0.419. The topological polar surface area (TPSA) is 135 Å². The molecule has 11 nitrogen and oxygen atoms in total. The van der Waals surface area contributed by atoms with Crippen molar-refractivity contribution in [2.24, 2.45) is 0 Å². The molecule has 0 saturated carbocycles. The third-order valence-corrected chi connectivity index (χ3v) is 7.69. The van der Waals surface area contributed by atoms with Crippen LogP contribution in [0.3, 0.4) is 0 Å². The molecule has 0 radical (unpaired) electrons. The number of nitrogens with one attached hydrogen (secondary N) is 3. The number of imide groups is 1. The van der Waals surface area contributed by atoms with Crippen molar-refractivity contribution in [1.29, 1.82) is 0 Å². The maximum atomic E-state index is 12.0. The fraction of sp³-hybridized carbons (Fsp3) is 0.750. The van der Waals surface area contributed by atoms with Gasteiger partial charge in [0.05, 0.1) is 38.5 Å². The highest BCUT2D eigenvalue weighted by Gasteiger charge is 2.42. The molecular weight excluding hydrogens is 488 g/mol. The van der Waals surface area contributed by atoms with Gasteiger partial charge in [-0.05, 0) is 25.7 Å². The van der Waals surface area contributed by atoms with Gasteiger partial charge in [0.25, 0.3) is 11.8 Å². The van der Waals surface area contributed by atoms with Crippen molar-refractivity contribution in [1.82, 2.24) is 20.9 Å². The first-order chi connectivity index (χ1) is 17.5. The number of urea groups is 1. The number of fused-ring (bicyclic) bond motifs is 1. The normalized spacial score (nSPS) is 22.7. The number of carbonyl (C=O) groups is 4. The molecule has 0 aromatic heterocycles. The molecule has 36 heavy (non-hydrogen) atoms. The minimum absolute atomic E-state index is 0.0597. The predicted octanol–water partition coefficient (Wildman–Crippen LogP) is 0.583. The van der Waals surface area contributed by atoms with Gasteiger partial charge >= 0.3 is 6.03 Å². The summed E-state index contributed by atoms with van der Waals surface area (Å²) in [5.41, 5.74) is 0. The van der Waals surface area contributed by atoms with Crippen molar-refractivity contribution >= 4 is 35.5 Å². The van der Waals surface area contributed by atoms with Crippen LogP contribution in [-0.4, -0.2) is 104 Å². The van der Waals surface area contributed by atoms with Crippen LogP contribution in [0.25, 0.3) is 0 Å². The highest BCUT2D eigenvalue weighted by molar-refractivity contribution is 8.00. The van der Waals surface area contributed by atoms with E-state index >= 15 is 0 Å². The molecule has 0 bridgehead atoms. The van der Waals surface area contributed by atoms with Gasteiger partial charge in [-0.2, -0.15) is 11.8 Å². The van der Waals surface area contributed by atoms with E-state index in [1.165, 1.54) is 17.1 Å². The zero-order valence-electron chi connectivity index (χ0n) is 20.7. The highest BCUT2D eigenvalue weighted by atomic mass is 32.2. The summed E-state index contributed by atoms with van der Waals surface area (Å²) in [6.07, 6.45) is 7.29. The second kappa shape index (κ2) is 15.9. The van der Waals surface area contributed by atoms with Crippen molar-refractivity contribution in [3.63, 3.8) is 0 Å². The number of rotatable bonds is 19. The first-order valence-corrected chi connectivity index (χ1v) is 13.8. The summed E-state index contributed by atoms with van der Waals surface area (Å²) >= 11 is 1.90. The monoisotopic (exact) mass is 526 g/mol. The number of amides is 5. The van der Waals surface area contributed by atoms with E-state index in [1.54, 1.807) is 0 Å². The first kappa shape index (κ1) is 28.4. The Labute approximate surface area is 216 Å². The van der Waals surface area contributed by atoms with Crippen molar-refractivity contribution in [2.45, 2.75) is 55.9 Å². The second-order valence-corrected chi connectivity index (χ2v) is 10.2. The molecule has 3 heterocycles. The molecule has 5 amide bonds. The van der Waals surface area contributed by atoms with Gasteiger partial charge < -0.3 is 30.2 Å². The van der Waals surface area contributed by atoms with Gasteiger partial charge in [0.2, 0.25) is 5.91 Å². The minimum Gasteiger partial charge on any atom is -0.379 e. The van der Waals surface area contributed by atoms with E-state index in [2.05, 4.69) is 16.0 Å². The van der Waals surface area contributed by atoms with Gasteiger partial charge in [-0.3, -0.25) is 19.3 Å². The Morgan fingerprint density at radius 2 is 1.58 bits per heavy atom. The molecule has 3 aliphatic heterocycles. The minimum atomic E-state index is -0.270. The summed E-state index contributed by atoms with van der Waals surface area (Å²) < 4.78 is 16.4. The number of thioether (sulfide) groups is 1. The van der Waals surface area contributed by atoms with Gasteiger partial charge in [-0.1, -0.05) is 6.42 Å². The lowest BCUT2D eigenvalue weighted by Gasteiger charge is -2.16. The standard InChI is InChI=1S/C24H38N4O7S/c29-20(6-2-1-5-19-23-18(17-36-19)26-24(32)27-23)25-9-3-11-33-13-15-35-16-14-34-12-4-10-28-21(30)7-8-22(28)31/h7-8,18-19,23H,1-6,9-17H2,(H,25,29)(H2,26,27,32)/t18-,19-,23-/m0/s1. The number of hydrogen-bond acceptors (Lipinski definition) is 8. The van der Waals surface area contributed by atoms with Crippen LogP contribution < -0.4 is 16.0 Å². The Kier molecular flexibility index (Phi) is 12.5. The average Bonchev–Trinajstić information content (AvgIpc) is 3.51. The number of ether oxygens (including phenoxy) is 3. The number of unbranched alkanes of at least 4 members (excludes halogenated alkanes) is 1. The molecule has 0 spiro atoms. The molecule has 3 aliphatic rings. The van der Waals surface area contributed by atoms with Crippen LogP contribution in [0.15, 0.2) is 12.2 Å². The molecule has 2 fully saturated rings. The third kappa shape index (κ3) is 9.72. The average molecular weight is 527 g/mol. The smallest absolute Gasteiger partial charge is 0.315 e. The molecule has 3 N–H and O–H groups in total. The van der Waals surface area contributed by atoms with Crippen molar-refractivity contribution in [3.8, 4) is 0 Å². The lowest BCUT2D eigenvalue weighted by Crippen LogP contribution is -2.36. The summed E-state index contributed by atoms with van der Waals surface area (Å²) in [5.74, 6) is 0.494. The van der Waals surface area contributed by atoms with Gasteiger partial charge in [0, 0.05) is 55.9 Å². The molecule has 12 heteroatoms. The van der Waals surface area contributed by atoms with E-state index in [1.807, 2.05) is 11.8 Å². The number of nitrogens with zero attached hydrogens (tertiary/aromatic N) is 1. The van der Waals surface area contributed by atoms with E-state index in [9.17, 15) is 19.2 Å². The number of carbonyl (C=O) groups excluding carboxylic acids is 4. The molecular formula is C24H38N4O7S. The maximum Gasteiger partial charge on any atom is 0.315 e. The molecule has 3 rings (SSSR count). The Bertz CT molecular complexity index is 764. The Hall–Kier alpha value is -2.15. The van der Waals surface area contributed by atoms with Crippen LogP contribution in [0.5, 0.6) is 0 Å². The third-order valence-electron chi connectivity index (χ3n) is 6.18. The molecule has 0 unspecified atom stereocenters. The van der Waals surface area contributed by atoms with Crippen LogP contribution in [0.4, 0.5) is 4.79 Å². The van der Waals surface area contributed by atoms with E-state index in [0.29, 0.717) is 70.8 Å². The summed E-state index contributed by atoms with van der Waals surface area (Å²) in [6.45, 7) is 3.83. The second-order valence-electron chi connectivity index (χ2n) is 8.92. The van der Waals surface area contributed by atoms with Crippen LogP contribution in [-0.2, 0) is 28.6 Å². The van der Waals surface area contributed by atoms with E-state index < -0.39 is 0 Å². The molecule has 202 valence electrons. The molecule has 0 aliphatic carbocycles. The van der Waals surface area contributed by atoms with Gasteiger partial charge in [0.15, 0.2) is 0 Å². The summed E-state index contributed by atoms with van der Waals surface area (Å²) in [5, 5.41) is 9.31. The molecule has 3 atom stereocenters. The molecule has 2 saturated heterocycles. The summed E-state index contributed by atoms with van der Waals surface area (Å²) in [4.78, 5) is 47.4. The SMILES string of the molecule is O=C(CCCC[C@@H]1SC[C@@H]2NC(=O)N[C@@H]21)NCCCOCCOCCOCCCN1C(=O)C=CC1=O. The maximum absolute atomic E-state index is 12.0. The Morgan fingerprint density at radius 3 is 2.31 bits per heavy atom. The lowest BCUT2D eigenvalue weighted by atomic mass is 10.0. The Morgan fingerprint density at radius 1 is 0.917 bits per heavy atom. The zero-order chi connectivity index (χ0) is 25.6. The van der Waals surface area contributed by atoms with E-state index in [0.717, 1.165) is 31.4 Å². The van der Waals surface area contributed by atoms with Crippen LogP contribution >= 0.6 is 11.8 Å². The van der Waals surface area contributed by atoms with E-state index in [4.69, 9.17) is 14.2 Å². The zero-order valence-corrected chi connectivity index (χ0v) is 21.5. The van der Waals surface area contributed by atoms with Crippen molar-refractivity contribution < 1.29 is 33.4 Å². The predicted molar refractivity (Wildman–Crippen MR) is 135 cm³/mol. The highest BCUT2D eigenvalue weighted by Crippen LogP contribution is 2.33. The number of hydrogen-bond donors (Lipinski definition) is 3. The fourth-order valence-electron chi connectivity index (χ4n) is 4.28. The van der Waals surface area contributed by atoms with E-state index in [-0.39, 0.29) is 35.8 Å². The van der Waals surface area contributed by atoms with Crippen LogP contribution in [0.1, 0.15) is 38.5 Å². The van der Waals surface area contributed by atoms with Crippen LogP contribution in [0.2, 0.25) is 0 Å². The van der Waals surface area contributed by atoms with Gasteiger partial charge in [-0.25, -0.2) is 4.79 Å². The molecule has 0 aromatic rings. The quantitative estimate of drug-likeness (QED) is 0.126. The molecule has 0 aromatic carbocycles. The van der Waals surface area contributed by atoms with Gasteiger partial charge in [-0.15, -0.1) is 0 Å². The first-order valence-electron chi connectivity index (χ1n) is 12.8. The van der Waals surface area contributed by atoms with Crippen molar-refractivity contribution in [3.05, 3.63) is 12.2 Å². The fourth-order valence-corrected chi connectivity index (χ4v) is 5.83. The Balaban J connectivity index is 1.02. The van der Waals surface area contributed by atoms with Gasteiger partial charge in [0.1, 0.15) is 0 Å². The lowest BCUT2D eigenvalue weighted by molar-refractivity contribution is -0.137. The largest absolute Gasteiger partial charge is 0.379 e. The van der Waals surface area contributed by atoms with Crippen molar-refractivity contribution in [2.75, 3.05) is 58.5 Å².